The fourth-order valence-corrected chi connectivity index (χ4v) is 4.22. The summed E-state index contributed by atoms with van der Waals surface area (Å²) in [5.41, 5.74) is 3.14. The number of carbonyl (C=O) groups excluding carboxylic acids is 3. The van der Waals surface area contributed by atoms with Gasteiger partial charge in [-0.15, -0.1) is 11.3 Å². The van der Waals surface area contributed by atoms with Crippen molar-refractivity contribution < 1.29 is 14.4 Å². The molecule has 1 aromatic heterocycles. The monoisotopic (exact) mass is 483 g/mol. The van der Waals surface area contributed by atoms with Crippen LogP contribution < -0.4 is 10.6 Å². The van der Waals surface area contributed by atoms with Crippen LogP contribution in [0.4, 0.5) is 11.4 Å². The van der Waals surface area contributed by atoms with Gasteiger partial charge >= 0.3 is 0 Å². The van der Waals surface area contributed by atoms with Crippen LogP contribution in [0.1, 0.15) is 48.9 Å². The molecule has 0 saturated carbocycles. The Balaban J connectivity index is 1.45. The first-order valence-corrected chi connectivity index (χ1v) is 12.0. The Morgan fingerprint density at radius 1 is 0.743 bits per heavy atom. The van der Waals surface area contributed by atoms with E-state index in [0.29, 0.717) is 27.4 Å². The molecule has 3 amide bonds. The van der Waals surface area contributed by atoms with Crippen LogP contribution in [-0.2, 0) is 0 Å². The number of rotatable bonds is 7. The van der Waals surface area contributed by atoms with Gasteiger partial charge in [-0.2, -0.15) is 0 Å². The number of hydrogen-bond donors (Lipinski definition) is 2. The maximum Gasteiger partial charge on any atom is 0.265 e. The number of benzene rings is 3. The second-order valence-corrected chi connectivity index (χ2v) is 9.00. The van der Waals surface area contributed by atoms with Gasteiger partial charge in [0.2, 0.25) is 0 Å². The van der Waals surface area contributed by atoms with Gasteiger partial charge < -0.3 is 15.5 Å². The summed E-state index contributed by atoms with van der Waals surface area (Å²) in [6.07, 6.45) is 0. The molecule has 0 aliphatic rings. The lowest BCUT2D eigenvalue weighted by atomic mass is 10.0. The molecule has 4 rings (SSSR count). The van der Waals surface area contributed by atoms with Gasteiger partial charge in [0.25, 0.3) is 17.7 Å². The van der Waals surface area contributed by atoms with Gasteiger partial charge in [0.05, 0.1) is 10.9 Å². The lowest BCUT2D eigenvalue weighted by molar-refractivity contribution is 0.0742. The summed E-state index contributed by atoms with van der Waals surface area (Å²) in [5.74, 6) is -0.578. The van der Waals surface area contributed by atoms with Crippen LogP contribution in [-0.4, -0.2) is 29.7 Å². The number of carbonyl (C=O) groups is 3. The first-order valence-electron chi connectivity index (χ1n) is 11.1. The third kappa shape index (κ3) is 5.83. The standard InChI is InChI=1S/C28H25N3O3S/c1-19(21-11-6-13-23(17-21)29-26(32)20-9-4-3-5-10-20)31(2)28(34)22-12-7-14-24(18-22)30-27(33)25-15-8-16-35-25/h3-19H,1-2H3,(H,29,32)(H,30,33). The van der Waals surface area contributed by atoms with E-state index in [2.05, 4.69) is 10.6 Å². The summed E-state index contributed by atoms with van der Waals surface area (Å²) >= 11 is 1.36. The minimum atomic E-state index is -0.250. The van der Waals surface area contributed by atoms with Gasteiger partial charge in [-0.3, -0.25) is 14.4 Å². The van der Waals surface area contributed by atoms with Crippen molar-refractivity contribution in [2.75, 3.05) is 17.7 Å². The fourth-order valence-electron chi connectivity index (χ4n) is 3.60. The topological polar surface area (TPSA) is 78.5 Å². The molecule has 1 heterocycles. The van der Waals surface area contributed by atoms with Crippen LogP contribution in [0, 0.1) is 0 Å². The van der Waals surface area contributed by atoms with Gasteiger partial charge in [-0.25, -0.2) is 0 Å². The van der Waals surface area contributed by atoms with Gasteiger partial charge in [-0.05, 0) is 66.4 Å². The summed E-state index contributed by atoms with van der Waals surface area (Å²) in [7, 11) is 1.74. The zero-order chi connectivity index (χ0) is 24.8. The Labute approximate surface area is 208 Å². The zero-order valence-electron chi connectivity index (χ0n) is 19.4. The average molecular weight is 484 g/mol. The van der Waals surface area contributed by atoms with Crippen molar-refractivity contribution in [1.29, 1.82) is 0 Å². The van der Waals surface area contributed by atoms with E-state index in [1.165, 1.54) is 11.3 Å². The summed E-state index contributed by atoms with van der Waals surface area (Å²) in [4.78, 5) is 40.3. The minimum Gasteiger partial charge on any atom is -0.335 e. The number of hydrogen-bond acceptors (Lipinski definition) is 4. The van der Waals surface area contributed by atoms with Crippen molar-refractivity contribution in [2.24, 2.45) is 0 Å². The number of amides is 3. The molecule has 0 radical (unpaired) electrons. The molecule has 0 fully saturated rings. The predicted octanol–water partition coefficient (Wildman–Crippen LogP) is 6.09. The van der Waals surface area contributed by atoms with E-state index in [9.17, 15) is 14.4 Å². The number of nitrogens with zero attached hydrogens (tertiary/aromatic N) is 1. The Hall–Kier alpha value is -4.23. The first-order chi connectivity index (χ1) is 16.9. The average Bonchev–Trinajstić information content (AvgIpc) is 3.44. The second-order valence-electron chi connectivity index (χ2n) is 8.05. The van der Waals surface area contributed by atoms with E-state index in [0.717, 1.165) is 5.56 Å². The largest absolute Gasteiger partial charge is 0.335 e. The fraction of sp³-hybridized carbons (Fsp3) is 0.107. The molecule has 7 heteroatoms. The Morgan fingerprint density at radius 3 is 2.11 bits per heavy atom. The maximum atomic E-state index is 13.2. The summed E-state index contributed by atoms with van der Waals surface area (Å²) in [5, 5.41) is 7.59. The number of thiophene rings is 1. The van der Waals surface area contributed by atoms with Crippen LogP contribution in [0.3, 0.4) is 0 Å². The van der Waals surface area contributed by atoms with Gasteiger partial charge in [-0.1, -0.05) is 42.5 Å². The molecule has 35 heavy (non-hydrogen) atoms. The molecule has 6 nitrogen and oxygen atoms in total. The van der Waals surface area contributed by atoms with E-state index in [4.69, 9.17) is 0 Å². The molecule has 3 aromatic carbocycles. The van der Waals surface area contributed by atoms with Gasteiger partial charge in [0.15, 0.2) is 0 Å². The SMILES string of the molecule is CC(c1cccc(NC(=O)c2ccccc2)c1)N(C)C(=O)c1cccc(NC(=O)c2cccs2)c1. The Kier molecular flexibility index (Phi) is 7.38. The van der Waals surface area contributed by atoms with E-state index in [1.54, 1.807) is 54.4 Å². The lowest BCUT2D eigenvalue weighted by Gasteiger charge is -2.26. The van der Waals surface area contributed by atoms with Crippen molar-refractivity contribution in [3.8, 4) is 0 Å². The third-order valence-corrected chi connectivity index (χ3v) is 6.55. The van der Waals surface area contributed by atoms with Gasteiger partial charge in [0, 0.05) is 29.5 Å². The highest BCUT2D eigenvalue weighted by Crippen LogP contribution is 2.25. The second kappa shape index (κ2) is 10.8. The highest BCUT2D eigenvalue weighted by Gasteiger charge is 2.20. The van der Waals surface area contributed by atoms with E-state index in [1.807, 2.05) is 60.8 Å². The minimum absolute atomic E-state index is 0.177. The molecular formula is C28H25N3O3S. The predicted molar refractivity (Wildman–Crippen MR) is 140 cm³/mol. The van der Waals surface area contributed by atoms with E-state index < -0.39 is 0 Å². The lowest BCUT2D eigenvalue weighted by Crippen LogP contribution is -2.29. The van der Waals surface area contributed by atoms with Crippen molar-refractivity contribution in [2.45, 2.75) is 13.0 Å². The highest BCUT2D eigenvalue weighted by atomic mass is 32.1. The van der Waals surface area contributed by atoms with Crippen LogP contribution in [0.2, 0.25) is 0 Å². The number of anilines is 2. The summed E-state index contributed by atoms with van der Waals surface area (Å²) < 4.78 is 0. The third-order valence-electron chi connectivity index (χ3n) is 5.68. The molecule has 0 bridgehead atoms. The van der Waals surface area contributed by atoms with E-state index in [-0.39, 0.29) is 23.8 Å². The van der Waals surface area contributed by atoms with Crippen LogP contribution in [0.25, 0.3) is 0 Å². The summed E-state index contributed by atoms with van der Waals surface area (Å²) in [6, 6.07) is 26.7. The molecule has 0 saturated heterocycles. The Bertz CT molecular complexity index is 1340. The zero-order valence-corrected chi connectivity index (χ0v) is 20.2. The highest BCUT2D eigenvalue weighted by molar-refractivity contribution is 7.12. The number of nitrogens with one attached hydrogen (secondary N) is 2. The molecular weight excluding hydrogens is 458 g/mol. The Morgan fingerprint density at radius 2 is 1.40 bits per heavy atom. The molecule has 0 spiro atoms. The normalized spacial score (nSPS) is 11.4. The van der Waals surface area contributed by atoms with Crippen molar-refractivity contribution in [3.05, 3.63) is 118 Å². The molecule has 4 aromatic rings. The molecule has 1 unspecified atom stereocenters. The van der Waals surface area contributed by atoms with Crippen LogP contribution in [0.5, 0.6) is 0 Å². The van der Waals surface area contributed by atoms with Crippen molar-refractivity contribution in [1.82, 2.24) is 4.90 Å². The van der Waals surface area contributed by atoms with Crippen molar-refractivity contribution in [3.63, 3.8) is 0 Å². The van der Waals surface area contributed by atoms with E-state index >= 15 is 0 Å². The molecule has 0 aliphatic carbocycles. The molecule has 176 valence electrons. The molecule has 0 aliphatic heterocycles. The molecule has 1 atom stereocenters. The van der Waals surface area contributed by atoms with Gasteiger partial charge in [0.1, 0.15) is 0 Å². The smallest absolute Gasteiger partial charge is 0.265 e. The van der Waals surface area contributed by atoms with Crippen LogP contribution in [0.15, 0.2) is 96.4 Å². The summed E-state index contributed by atoms with van der Waals surface area (Å²) in [6.45, 7) is 1.93. The maximum absolute atomic E-state index is 13.2. The van der Waals surface area contributed by atoms with Crippen LogP contribution >= 0.6 is 11.3 Å². The molecule has 2 N–H and O–H groups in total. The van der Waals surface area contributed by atoms with Crippen molar-refractivity contribution >= 4 is 40.4 Å². The quantitative estimate of drug-likeness (QED) is 0.334. The first kappa shape index (κ1) is 23.9.